The van der Waals surface area contributed by atoms with Gasteiger partial charge in [-0.15, -0.1) is 22.7 Å². The molecular formula is C21H16N4O2S2. The second-order valence-corrected chi connectivity index (χ2v) is 7.94. The van der Waals surface area contributed by atoms with E-state index in [1.54, 1.807) is 35.8 Å². The monoisotopic (exact) mass is 420 g/mol. The second-order valence-electron chi connectivity index (χ2n) is 6.03. The van der Waals surface area contributed by atoms with Gasteiger partial charge < -0.3 is 11.1 Å². The molecule has 4 N–H and O–H groups in total. The molecule has 144 valence electrons. The number of aromatic nitrogens is 1. The van der Waals surface area contributed by atoms with Crippen LogP contribution in [0.15, 0.2) is 72.2 Å². The van der Waals surface area contributed by atoms with Gasteiger partial charge in [-0.05, 0) is 12.1 Å². The summed E-state index contributed by atoms with van der Waals surface area (Å²) in [5.41, 5.74) is 7.98. The predicted molar refractivity (Wildman–Crippen MR) is 118 cm³/mol. The van der Waals surface area contributed by atoms with Crippen molar-refractivity contribution in [1.82, 2.24) is 4.98 Å². The predicted octanol–water partition coefficient (Wildman–Crippen LogP) is 5.01. The van der Waals surface area contributed by atoms with Gasteiger partial charge in [-0.2, -0.15) is 0 Å². The molecular weight excluding hydrogens is 404 g/mol. The number of hydrogen-bond donors (Lipinski definition) is 3. The molecule has 0 saturated heterocycles. The molecule has 2 aromatic carbocycles. The largest absolute Gasteiger partial charge is 0.397 e. The SMILES string of the molecule is Nc1c(C(=O)c2ccccc2)sc(Nc2ccccc2)c1C(=O)Nc1nccs1. The van der Waals surface area contributed by atoms with Gasteiger partial charge in [-0.1, -0.05) is 48.5 Å². The Kier molecular flexibility index (Phi) is 5.37. The van der Waals surface area contributed by atoms with Crippen LogP contribution in [0.2, 0.25) is 0 Å². The molecule has 0 aliphatic carbocycles. The van der Waals surface area contributed by atoms with Crippen molar-refractivity contribution in [2.45, 2.75) is 0 Å². The van der Waals surface area contributed by atoms with Crippen molar-refractivity contribution < 1.29 is 9.59 Å². The summed E-state index contributed by atoms with van der Waals surface area (Å²) in [5, 5.41) is 8.68. The molecule has 0 bridgehead atoms. The van der Waals surface area contributed by atoms with Crippen LogP contribution in [0.1, 0.15) is 25.6 Å². The molecule has 0 unspecified atom stereocenters. The summed E-state index contributed by atoms with van der Waals surface area (Å²) < 4.78 is 0. The maximum atomic E-state index is 13.0. The van der Waals surface area contributed by atoms with E-state index in [0.717, 1.165) is 17.0 Å². The highest BCUT2D eigenvalue weighted by molar-refractivity contribution is 7.19. The van der Waals surface area contributed by atoms with Crippen molar-refractivity contribution in [3.8, 4) is 0 Å². The van der Waals surface area contributed by atoms with Gasteiger partial charge >= 0.3 is 0 Å². The Bertz CT molecular complexity index is 1140. The normalized spacial score (nSPS) is 10.5. The van der Waals surface area contributed by atoms with E-state index in [9.17, 15) is 9.59 Å². The van der Waals surface area contributed by atoms with Crippen LogP contribution in [-0.2, 0) is 0 Å². The molecule has 2 heterocycles. The lowest BCUT2D eigenvalue weighted by Gasteiger charge is -2.07. The molecule has 0 atom stereocenters. The standard InChI is InChI=1S/C21H16N4O2S2/c22-16-15(19(27)25-21-23-11-12-28-21)20(24-14-9-5-2-6-10-14)29-18(16)17(26)13-7-3-1-4-8-13/h1-12,24H,22H2,(H,23,25,27). The Hall–Kier alpha value is -3.49. The molecule has 2 aromatic heterocycles. The number of nitrogens with one attached hydrogen (secondary N) is 2. The number of para-hydroxylation sites is 1. The number of nitrogens with two attached hydrogens (primary N) is 1. The maximum absolute atomic E-state index is 13.0. The Balaban J connectivity index is 1.75. The van der Waals surface area contributed by atoms with Crippen molar-refractivity contribution in [3.63, 3.8) is 0 Å². The Morgan fingerprint density at radius 1 is 0.966 bits per heavy atom. The average Bonchev–Trinajstić information content (AvgIpc) is 3.36. The van der Waals surface area contributed by atoms with Crippen molar-refractivity contribution in [3.05, 3.63) is 88.2 Å². The zero-order valence-corrected chi connectivity index (χ0v) is 16.7. The van der Waals surface area contributed by atoms with Gasteiger partial charge in [0.15, 0.2) is 5.13 Å². The van der Waals surface area contributed by atoms with Crippen molar-refractivity contribution in [1.29, 1.82) is 0 Å². The first-order chi connectivity index (χ1) is 14.1. The first-order valence-electron chi connectivity index (χ1n) is 8.68. The number of nitrogens with zero attached hydrogens (tertiary/aromatic N) is 1. The summed E-state index contributed by atoms with van der Waals surface area (Å²) in [7, 11) is 0. The number of thiophene rings is 1. The molecule has 4 rings (SSSR count). The lowest BCUT2D eigenvalue weighted by Crippen LogP contribution is -2.15. The summed E-state index contributed by atoms with van der Waals surface area (Å²) >= 11 is 2.47. The molecule has 0 saturated carbocycles. The lowest BCUT2D eigenvalue weighted by molar-refractivity contribution is 0.102. The van der Waals surface area contributed by atoms with Crippen LogP contribution >= 0.6 is 22.7 Å². The van der Waals surface area contributed by atoms with E-state index in [-0.39, 0.29) is 17.0 Å². The van der Waals surface area contributed by atoms with Crippen LogP contribution in [0, 0.1) is 0 Å². The highest BCUT2D eigenvalue weighted by Crippen LogP contribution is 2.39. The molecule has 6 nitrogen and oxygen atoms in total. The highest BCUT2D eigenvalue weighted by Gasteiger charge is 2.26. The quantitative estimate of drug-likeness (QED) is 0.381. The number of amides is 1. The van der Waals surface area contributed by atoms with E-state index in [0.29, 0.717) is 20.6 Å². The van der Waals surface area contributed by atoms with Crippen molar-refractivity contribution in [2.75, 3.05) is 16.4 Å². The van der Waals surface area contributed by atoms with Gasteiger partial charge in [0.25, 0.3) is 5.91 Å². The fourth-order valence-corrected chi connectivity index (χ4v) is 4.37. The zero-order valence-electron chi connectivity index (χ0n) is 15.1. The number of carbonyl (C=O) groups excluding carboxylic acids is 2. The number of benzene rings is 2. The van der Waals surface area contributed by atoms with Gasteiger partial charge in [-0.25, -0.2) is 4.98 Å². The lowest BCUT2D eigenvalue weighted by atomic mass is 10.1. The number of nitrogen functional groups attached to an aromatic ring is 1. The minimum atomic E-state index is -0.417. The maximum Gasteiger partial charge on any atom is 0.262 e. The van der Waals surface area contributed by atoms with Crippen LogP contribution in [0.3, 0.4) is 0 Å². The fraction of sp³-hybridized carbons (Fsp3) is 0. The molecule has 0 fully saturated rings. The number of ketones is 1. The van der Waals surface area contributed by atoms with E-state index < -0.39 is 5.91 Å². The van der Waals surface area contributed by atoms with Crippen molar-refractivity contribution >= 4 is 55.9 Å². The van der Waals surface area contributed by atoms with E-state index in [1.807, 2.05) is 36.4 Å². The van der Waals surface area contributed by atoms with Gasteiger partial charge in [0.05, 0.1) is 11.3 Å². The van der Waals surface area contributed by atoms with Gasteiger partial charge in [0.2, 0.25) is 5.78 Å². The first-order valence-corrected chi connectivity index (χ1v) is 10.4. The molecule has 1 amide bonds. The van der Waals surface area contributed by atoms with Crippen LogP contribution in [0.25, 0.3) is 0 Å². The Morgan fingerprint density at radius 3 is 2.31 bits per heavy atom. The average molecular weight is 421 g/mol. The molecule has 8 heteroatoms. The van der Waals surface area contributed by atoms with Crippen LogP contribution in [0.5, 0.6) is 0 Å². The van der Waals surface area contributed by atoms with E-state index in [4.69, 9.17) is 5.73 Å². The molecule has 0 radical (unpaired) electrons. The van der Waals surface area contributed by atoms with Gasteiger partial charge in [-0.3, -0.25) is 14.9 Å². The molecule has 0 aliphatic heterocycles. The summed E-state index contributed by atoms with van der Waals surface area (Å²) in [6.07, 6.45) is 1.60. The summed E-state index contributed by atoms with van der Waals surface area (Å²) in [6.45, 7) is 0. The van der Waals surface area contributed by atoms with Gasteiger partial charge in [0.1, 0.15) is 9.88 Å². The molecule has 0 aliphatic rings. The Labute approximate surface area is 175 Å². The number of hydrogen-bond acceptors (Lipinski definition) is 7. The summed E-state index contributed by atoms with van der Waals surface area (Å²) in [4.78, 5) is 30.3. The number of anilines is 4. The third kappa shape index (κ3) is 4.03. The first kappa shape index (κ1) is 18.9. The molecule has 0 spiro atoms. The molecule has 4 aromatic rings. The van der Waals surface area contributed by atoms with Gasteiger partial charge in [0, 0.05) is 22.8 Å². The molecule has 29 heavy (non-hydrogen) atoms. The fourth-order valence-electron chi connectivity index (χ4n) is 2.74. The number of carbonyl (C=O) groups is 2. The highest BCUT2D eigenvalue weighted by atomic mass is 32.1. The third-order valence-corrected chi connectivity index (χ3v) is 5.91. The summed E-state index contributed by atoms with van der Waals surface area (Å²) in [5.74, 6) is -0.642. The minimum Gasteiger partial charge on any atom is -0.397 e. The van der Waals surface area contributed by atoms with Crippen LogP contribution in [-0.4, -0.2) is 16.7 Å². The third-order valence-electron chi connectivity index (χ3n) is 4.10. The minimum absolute atomic E-state index is 0.149. The summed E-state index contributed by atoms with van der Waals surface area (Å²) in [6, 6.07) is 18.3. The smallest absolute Gasteiger partial charge is 0.262 e. The second kappa shape index (κ2) is 8.26. The van der Waals surface area contributed by atoms with Crippen LogP contribution < -0.4 is 16.4 Å². The topological polar surface area (TPSA) is 97.1 Å². The van der Waals surface area contributed by atoms with Crippen molar-refractivity contribution in [2.24, 2.45) is 0 Å². The Morgan fingerprint density at radius 2 is 1.66 bits per heavy atom. The van der Waals surface area contributed by atoms with E-state index in [1.165, 1.54) is 11.3 Å². The number of thiazole rings is 1. The number of rotatable bonds is 6. The van der Waals surface area contributed by atoms with Crippen LogP contribution in [0.4, 0.5) is 21.5 Å². The van der Waals surface area contributed by atoms with E-state index in [2.05, 4.69) is 15.6 Å². The zero-order chi connectivity index (χ0) is 20.2. The van der Waals surface area contributed by atoms with E-state index >= 15 is 0 Å².